The van der Waals surface area contributed by atoms with Gasteiger partial charge in [0.15, 0.2) is 5.69 Å². The number of anilines is 1. The smallest absolute Gasteiger partial charge is 0.357 e. The van der Waals surface area contributed by atoms with E-state index < -0.39 is 5.97 Å². The predicted octanol–water partition coefficient (Wildman–Crippen LogP) is 2.22. The molecule has 6 heteroatoms. The molecule has 1 heterocycles. The number of nitrogen functional groups attached to an aromatic ring is 1. The summed E-state index contributed by atoms with van der Waals surface area (Å²) < 4.78 is 10.2. The Morgan fingerprint density at radius 1 is 1.65 bits per heavy atom. The van der Waals surface area contributed by atoms with Crippen LogP contribution in [-0.2, 0) is 9.47 Å². The zero-order chi connectivity index (χ0) is 12.8. The molecule has 0 saturated carbocycles. The molecule has 92 valence electrons. The summed E-state index contributed by atoms with van der Waals surface area (Å²) in [6.07, 6.45) is 3.20. The molecule has 0 aromatic carbocycles. The Morgan fingerprint density at radius 3 is 2.94 bits per heavy atom. The molecule has 5 nitrogen and oxygen atoms in total. The minimum atomic E-state index is -0.538. The van der Waals surface area contributed by atoms with Crippen LogP contribution in [0.25, 0.3) is 6.08 Å². The molecule has 0 atom stereocenters. The molecule has 0 amide bonds. The quantitative estimate of drug-likeness (QED) is 0.682. The molecular weight excluding hydrogens is 288 g/mol. The molecule has 0 fully saturated rings. The maximum Gasteiger partial charge on any atom is 0.357 e. The minimum absolute atomic E-state index is 0.151. The number of carbonyl (C=O) groups is 1. The Morgan fingerprint density at radius 2 is 2.35 bits per heavy atom. The van der Waals surface area contributed by atoms with Crippen LogP contribution in [0.4, 0.5) is 5.82 Å². The Labute approximate surface area is 108 Å². The first kappa shape index (κ1) is 13.5. The van der Waals surface area contributed by atoms with Gasteiger partial charge in [0.2, 0.25) is 0 Å². The largest absolute Gasteiger partial charge is 0.501 e. The number of nitrogens with zero attached hydrogens (tertiary/aromatic N) is 1. The van der Waals surface area contributed by atoms with E-state index in [1.165, 1.54) is 13.4 Å². The lowest BCUT2D eigenvalue weighted by Gasteiger charge is -2.05. The lowest BCUT2D eigenvalue weighted by molar-refractivity contribution is 0.0593. The molecule has 2 N–H and O–H groups in total. The van der Waals surface area contributed by atoms with Gasteiger partial charge in [0.1, 0.15) is 5.82 Å². The Kier molecular flexibility index (Phi) is 4.96. The summed E-state index contributed by atoms with van der Waals surface area (Å²) in [5.41, 5.74) is 6.53. The van der Waals surface area contributed by atoms with Crippen LogP contribution in [0.3, 0.4) is 0 Å². The molecule has 0 aliphatic rings. The third-order valence-corrected chi connectivity index (χ3v) is 2.53. The molecule has 0 aliphatic heterocycles. The Balaban J connectivity index is 3.05. The molecule has 1 rings (SSSR count). The fourth-order valence-electron chi connectivity index (χ4n) is 1.11. The van der Waals surface area contributed by atoms with E-state index in [4.69, 9.17) is 10.5 Å². The first-order valence-electron chi connectivity index (χ1n) is 4.92. The van der Waals surface area contributed by atoms with Gasteiger partial charge in [-0.15, -0.1) is 0 Å². The molecule has 0 saturated heterocycles. The maximum absolute atomic E-state index is 11.3. The van der Waals surface area contributed by atoms with Crippen LogP contribution in [0.15, 0.2) is 16.8 Å². The van der Waals surface area contributed by atoms with Gasteiger partial charge >= 0.3 is 5.97 Å². The van der Waals surface area contributed by atoms with E-state index in [1.54, 1.807) is 12.1 Å². The Hall–Kier alpha value is -1.56. The van der Waals surface area contributed by atoms with E-state index in [9.17, 15) is 4.79 Å². The molecule has 0 spiro atoms. The summed E-state index contributed by atoms with van der Waals surface area (Å²) >= 11 is 3.24. The molecule has 0 unspecified atom stereocenters. The fraction of sp³-hybridized carbons (Fsp3) is 0.273. The molecular formula is C11H13BrN2O3. The highest BCUT2D eigenvalue weighted by Gasteiger charge is 2.14. The van der Waals surface area contributed by atoms with Crippen LogP contribution in [0, 0.1) is 0 Å². The van der Waals surface area contributed by atoms with Gasteiger partial charge in [-0.2, -0.15) is 0 Å². The number of pyridine rings is 1. The van der Waals surface area contributed by atoms with Gasteiger partial charge in [0, 0.05) is 5.56 Å². The topological polar surface area (TPSA) is 74.4 Å². The average Bonchev–Trinajstić information content (AvgIpc) is 2.32. The van der Waals surface area contributed by atoms with E-state index >= 15 is 0 Å². The van der Waals surface area contributed by atoms with Gasteiger partial charge < -0.3 is 15.2 Å². The highest BCUT2D eigenvalue weighted by atomic mass is 79.9. The van der Waals surface area contributed by atoms with E-state index in [0.717, 1.165) is 0 Å². The zero-order valence-corrected chi connectivity index (χ0v) is 11.2. The number of rotatable bonds is 4. The van der Waals surface area contributed by atoms with Crippen LogP contribution in [0.2, 0.25) is 0 Å². The molecule has 0 aliphatic carbocycles. The van der Waals surface area contributed by atoms with E-state index in [2.05, 4.69) is 25.7 Å². The van der Waals surface area contributed by atoms with Crippen molar-refractivity contribution in [1.82, 2.24) is 4.98 Å². The second-order valence-electron chi connectivity index (χ2n) is 3.04. The first-order chi connectivity index (χ1) is 8.10. The van der Waals surface area contributed by atoms with Crippen LogP contribution in [-0.4, -0.2) is 24.7 Å². The van der Waals surface area contributed by atoms with Crippen molar-refractivity contribution in [2.45, 2.75) is 6.92 Å². The number of nitrogens with two attached hydrogens (primary N) is 1. The van der Waals surface area contributed by atoms with Crippen molar-refractivity contribution in [3.05, 3.63) is 28.1 Å². The Bertz CT molecular complexity index is 447. The summed E-state index contributed by atoms with van der Waals surface area (Å²) in [7, 11) is 1.29. The summed E-state index contributed by atoms with van der Waals surface area (Å²) in [5, 5.41) is 0. The second-order valence-corrected chi connectivity index (χ2v) is 3.90. The van der Waals surface area contributed by atoms with Crippen LogP contribution in [0.5, 0.6) is 0 Å². The van der Waals surface area contributed by atoms with Crippen molar-refractivity contribution in [3.63, 3.8) is 0 Å². The highest BCUT2D eigenvalue weighted by Crippen LogP contribution is 2.22. The number of ether oxygens (including phenoxy) is 2. The van der Waals surface area contributed by atoms with Crippen LogP contribution in [0.1, 0.15) is 23.0 Å². The number of hydrogen-bond donors (Lipinski definition) is 1. The van der Waals surface area contributed by atoms with E-state index in [1.807, 2.05) is 6.92 Å². The molecule has 1 aromatic heterocycles. The number of carbonyl (C=O) groups excluding carboxylic acids is 1. The number of hydrogen-bond acceptors (Lipinski definition) is 5. The van der Waals surface area contributed by atoms with Gasteiger partial charge in [0.25, 0.3) is 0 Å². The molecule has 0 radical (unpaired) electrons. The number of aromatic nitrogens is 1. The maximum atomic E-state index is 11.3. The van der Waals surface area contributed by atoms with Gasteiger partial charge in [-0.3, -0.25) is 0 Å². The zero-order valence-electron chi connectivity index (χ0n) is 9.57. The van der Waals surface area contributed by atoms with Crippen molar-refractivity contribution >= 4 is 33.8 Å². The summed E-state index contributed by atoms with van der Waals surface area (Å²) in [4.78, 5) is 15.3. The SMILES string of the molecule is CCOC=Cc1cc(Br)c(C(=O)OC)nc1N. The lowest BCUT2D eigenvalue weighted by Crippen LogP contribution is -2.08. The van der Waals surface area contributed by atoms with E-state index in [0.29, 0.717) is 16.6 Å². The average molecular weight is 301 g/mol. The van der Waals surface area contributed by atoms with Crippen molar-refractivity contribution in [2.75, 3.05) is 19.5 Å². The lowest BCUT2D eigenvalue weighted by atomic mass is 10.2. The first-order valence-corrected chi connectivity index (χ1v) is 5.72. The molecule has 0 bridgehead atoms. The number of methoxy groups -OCH3 is 1. The van der Waals surface area contributed by atoms with Gasteiger partial charge in [-0.1, -0.05) is 0 Å². The van der Waals surface area contributed by atoms with Gasteiger partial charge in [-0.05, 0) is 35.0 Å². The van der Waals surface area contributed by atoms with E-state index in [-0.39, 0.29) is 11.5 Å². The second kappa shape index (κ2) is 6.24. The standard InChI is InChI=1S/C11H13BrN2O3/c1-3-17-5-4-7-6-8(12)9(11(15)16-2)14-10(7)13/h4-6H,3H2,1-2H3,(H2,13,14). The van der Waals surface area contributed by atoms with Gasteiger partial charge in [0.05, 0.1) is 24.5 Å². The van der Waals surface area contributed by atoms with Gasteiger partial charge in [-0.25, -0.2) is 9.78 Å². The van der Waals surface area contributed by atoms with Crippen molar-refractivity contribution in [3.8, 4) is 0 Å². The third-order valence-electron chi connectivity index (χ3n) is 1.93. The minimum Gasteiger partial charge on any atom is -0.501 e. The van der Waals surface area contributed by atoms with Crippen molar-refractivity contribution < 1.29 is 14.3 Å². The normalized spacial score (nSPS) is 10.5. The predicted molar refractivity (Wildman–Crippen MR) is 68.3 cm³/mol. The monoisotopic (exact) mass is 300 g/mol. The summed E-state index contributed by atoms with van der Waals surface area (Å²) in [5.74, 6) is -0.298. The summed E-state index contributed by atoms with van der Waals surface area (Å²) in [6, 6.07) is 1.68. The third kappa shape index (κ3) is 3.45. The van der Waals surface area contributed by atoms with Crippen molar-refractivity contribution in [2.24, 2.45) is 0 Å². The number of esters is 1. The number of halogens is 1. The van der Waals surface area contributed by atoms with Crippen LogP contribution >= 0.6 is 15.9 Å². The molecule has 17 heavy (non-hydrogen) atoms. The summed E-state index contributed by atoms with van der Waals surface area (Å²) in [6.45, 7) is 2.45. The molecule has 1 aromatic rings. The van der Waals surface area contributed by atoms with Crippen LogP contribution < -0.4 is 5.73 Å². The highest BCUT2D eigenvalue weighted by molar-refractivity contribution is 9.10. The fourth-order valence-corrected chi connectivity index (χ4v) is 1.61. The van der Waals surface area contributed by atoms with Crippen molar-refractivity contribution in [1.29, 1.82) is 0 Å².